The van der Waals surface area contributed by atoms with Crippen molar-refractivity contribution in [3.8, 4) is 5.75 Å². The maximum Gasteiger partial charge on any atom is 0.262 e. The summed E-state index contributed by atoms with van der Waals surface area (Å²) in [7, 11) is 0. The largest absolute Gasteiger partial charge is 0.483 e. The number of aryl methyl sites for hydroxylation is 2. The van der Waals surface area contributed by atoms with Gasteiger partial charge in [-0.15, -0.1) is 0 Å². The van der Waals surface area contributed by atoms with Gasteiger partial charge in [-0.1, -0.05) is 48.5 Å². The van der Waals surface area contributed by atoms with Gasteiger partial charge < -0.3 is 15.4 Å². The van der Waals surface area contributed by atoms with Gasteiger partial charge in [0.15, 0.2) is 6.61 Å². The van der Waals surface area contributed by atoms with Gasteiger partial charge in [-0.2, -0.15) is 0 Å². The van der Waals surface area contributed by atoms with E-state index in [0.717, 1.165) is 11.1 Å². The molecule has 2 amide bonds. The van der Waals surface area contributed by atoms with E-state index in [-0.39, 0.29) is 18.4 Å². The highest BCUT2D eigenvalue weighted by atomic mass is 16.5. The number of hydrogen-bond donors (Lipinski definition) is 2. The van der Waals surface area contributed by atoms with Crippen LogP contribution < -0.4 is 15.4 Å². The number of nitrogens with one attached hydrogen (secondary N) is 2. The highest BCUT2D eigenvalue weighted by Crippen LogP contribution is 2.17. The predicted molar refractivity (Wildman–Crippen MR) is 115 cm³/mol. The maximum absolute atomic E-state index is 12.1. The van der Waals surface area contributed by atoms with Crippen LogP contribution in [0.2, 0.25) is 0 Å². The quantitative estimate of drug-likeness (QED) is 0.593. The second kappa shape index (κ2) is 10.1. The van der Waals surface area contributed by atoms with E-state index in [9.17, 15) is 9.59 Å². The lowest BCUT2D eigenvalue weighted by atomic mass is 10.1. The van der Waals surface area contributed by atoms with Crippen molar-refractivity contribution < 1.29 is 14.3 Å². The number of para-hydroxylation sites is 1. The number of hydrogen-bond acceptors (Lipinski definition) is 3. The Balaban J connectivity index is 1.44. The van der Waals surface area contributed by atoms with Crippen LogP contribution in [0.4, 0.5) is 11.4 Å². The number of rotatable bonds is 8. The first kappa shape index (κ1) is 20.1. The van der Waals surface area contributed by atoms with Crippen LogP contribution in [0.15, 0.2) is 78.9 Å². The zero-order chi connectivity index (χ0) is 20.5. The molecular formula is C24H24N2O3. The van der Waals surface area contributed by atoms with Crippen molar-refractivity contribution in [2.45, 2.75) is 19.8 Å². The van der Waals surface area contributed by atoms with E-state index >= 15 is 0 Å². The van der Waals surface area contributed by atoms with Crippen LogP contribution in [0.25, 0.3) is 0 Å². The summed E-state index contributed by atoms with van der Waals surface area (Å²) in [4.78, 5) is 24.2. The Morgan fingerprint density at radius 2 is 1.34 bits per heavy atom. The maximum atomic E-state index is 12.1. The molecule has 0 heterocycles. The summed E-state index contributed by atoms with van der Waals surface area (Å²) < 4.78 is 5.54. The molecule has 0 aliphatic heterocycles. The monoisotopic (exact) mass is 388 g/mol. The summed E-state index contributed by atoms with van der Waals surface area (Å²) in [6.07, 6.45) is 1.11. The second-order valence-electron chi connectivity index (χ2n) is 6.71. The molecule has 2 N–H and O–H groups in total. The number of carbonyl (C=O) groups is 2. The molecule has 3 aromatic carbocycles. The molecule has 3 aromatic rings. The first-order valence-corrected chi connectivity index (χ1v) is 9.52. The van der Waals surface area contributed by atoms with Crippen molar-refractivity contribution in [2.75, 3.05) is 17.2 Å². The minimum absolute atomic E-state index is 0.0442. The van der Waals surface area contributed by atoms with Gasteiger partial charge in [0.2, 0.25) is 5.91 Å². The Morgan fingerprint density at radius 3 is 2.00 bits per heavy atom. The Bertz CT molecular complexity index is 953. The van der Waals surface area contributed by atoms with Crippen molar-refractivity contribution in [2.24, 2.45) is 0 Å². The SMILES string of the molecule is Cc1ccccc1OCC(=O)Nc1ccc(NC(=O)CCc2ccccc2)cc1. The molecule has 0 bridgehead atoms. The molecule has 0 aromatic heterocycles. The van der Waals surface area contributed by atoms with Crippen molar-refractivity contribution in [1.29, 1.82) is 0 Å². The third-order valence-corrected chi connectivity index (χ3v) is 4.39. The molecule has 0 aliphatic rings. The van der Waals surface area contributed by atoms with Gasteiger partial charge in [-0.3, -0.25) is 9.59 Å². The van der Waals surface area contributed by atoms with Gasteiger partial charge in [0.25, 0.3) is 5.91 Å². The van der Waals surface area contributed by atoms with E-state index in [1.165, 1.54) is 0 Å². The summed E-state index contributed by atoms with van der Waals surface area (Å²) in [5.41, 5.74) is 3.45. The number of benzene rings is 3. The standard InChI is InChI=1S/C24H24N2O3/c1-18-7-5-6-10-22(18)29-17-24(28)26-21-14-12-20(13-15-21)25-23(27)16-11-19-8-3-2-4-9-19/h2-10,12-15H,11,16-17H2,1H3,(H,25,27)(H,26,28). The molecule has 0 spiro atoms. The zero-order valence-corrected chi connectivity index (χ0v) is 16.4. The van der Waals surface area contributed by atoms with Crippen molar-refractivity contribution in [3.05, 3.63) is 90.0 Å². The Hall–Kier alpha value is -3.60. The summed E-state index contributed by atoms with van der Waals surface area (Å²) in [6, 6.07) is 24.5. The average Bonchev–Trinajstić information content (AvgIpc) is 2.74. The highest BCUT2D eigenvalue weighted by molar-refractivity contribution is 5.93. The molecule has 0 saturated carbocycles. The lowest BCUT2D eigenvalue weighted by Crippen LogP contribution is -2.20. The lowest BCUT2D eigenvalue weighted by molar-refractivity contribution is -0.118. The fourth-order valence-corrected chi connectivity index (χ4v) is 2.82. The van der Waals surface area contributed by atoms with Crippen LogP contribution in [-0.4, -0.2) is 18.4 Å². The number of ether oxygens (including phenoxy) is 1. The molecular weight excluding hydrogens is 364 g/mol. The Kier molecular flexibility index (Phi) is 7.00. The van der Waals surface area contributed by atoms with Crippen LogP contribution >= 0.6 is 0 Å². The first-order chi connectivity index (χ1) is 14.1. The number of amides is 2. The van der Waals surface area contributed by atoms with E-state index in [4.69, 9.17) is 4.74 Å². The molecule has 0 fully saturated rings. The molecule has 148 valence electrons. The molecule has 3 rings (SSSR count). The molecule has 0 aliphatic carbocycles. The molecule has 0 unspecified atom stereocenters. The van der Waals surface area contributed by atoms with Crippen LogP contribution in [0.3, 0.4) is 0 Å². The molecule has 5 nitrogen and oxygen atoms in total. The summed E-state index contributed by atoms with van der Waals surface area (Å²) in [5, 5.41) is 5.65. The van der Waals surface area contributed by atoms with Crippen LogP contribution in [0.5, 0.6) is 5.75 Å². The average molecular weight is 388 g/mol. The normalized spacial score (nSPS) is 10.2. The van der Waals surface area contributed by atoms with Crippen molar-refractivity contribution >= 4 is 23.2 Å². The topological polar surface area (TPSA) is 67.4 Å². The van der Waals surface area contributed by atoms with Gasteiger partial charge in [0.05, 0.1) is 0 Å². The van der Waals surface area contributed by atoms with Gasteiger partial charge in [-0.05, 0) is 54.8 Å². The smallest absolute Gasteiger partial charge is 0.262 e. The lowest BCUT2D eigenvalue weighted by Gasteiger charge is -2.10. The van der Waals surface area contributed by atoms with E-state index in [2.05, 4.69) is 10.6 Å². The Labute approximate surface area is 170 Å². The minimum Gasteiger partial charge on any atom is -0.483 e. The molecule has 5 heteroatoms. The number of anilines is 2. The summed E-state index contributed by atoms with van der Waals surface area (Å²) in [5.74, 6) is 0.404. The highest BCUT2D eigenvalue weighted by Gasteiger charge is 2.07. The fraction of sp³-hybridized carbons (Fsp3) is 0.167. The van der Waals surface area contributed by atoms with Crippen LogP contribution in [0, 0.1) is 6.92 Å². The van der Waals surface area contributed by atoms with Crippen LogP contribution in [0.1, 0.15) is 17.5 Å². The van der Waals surface area contributed by atoms with Crippen LogP contribution in [-0.2, 0) is 16.0 Å². The molecule has 0 atom stereocenters. The fourth-order valence-electron chi connectivity index (χ4n) is 2.82. The molecule has 29 heavy (non-hydrogen) atoms. The summed E-state index contributed by atoms with van der Waals surface area (Å²) in [6.45, 7) is 1.86. The third-order valence-electron chi connectivity index (χ3n) is 4.39. The minimum atomic E-state index is -0.243. The zero-order valence-electron chi connectivity index (χ0n) is 16.4. The second-order valence-corrected chi connectivity index (χ2v) is 6.71. The van der Waals surface area contributed by atoms with Gasteiger partial charge >= 0.3 is 0 Å². The van der Waals surface area contributed by atoms with E-state index in [1.807, 2.05) is 61.5 Å². The van der Waals surface area contributed by atoms with E-state index in [1.54, 1.807) is 24.3 Å². The van der Waals surface area contributed by atoms with Crippen molar-refractivity contribution in [1.82, 2.24) is 0 Å². The van der Waals surface area contributed by atoms with Gasteiger partial charge in [0, 0.05) is 17.8 Å². The molecule has 0 saturated heterocycles. The predicted octanol–water partition coefficient (Wildman–Crippen LogP) is 4.58. The molecule has 0 radical (unpaired) electrons. The van der Waals surface area contributed by atoms with Crippen molar-refractivity contribution in [3.63, 3.8) is 0 Å². The third kappa shape index (κ3) is 6.50. The van der Waals surface area contributed by atoms with E-state index in [0.29, 0.717) is 30.0 Å². The van der Waals surface area contributed by atoms with Gasteiger partial charge in [-0.25, -0.2) is 0 Å². The number of carbonyl (C=O) groups excluding carboxylic acids is 2. The Morgan fingerprint density at radius 1 is 0.759 bits per heavy atom. The van der Waals surface area contributed by atoms with Gasteiger partial charge in [0.1, 0.15) is 5.75 Å². The first-order valence-electron chi connectivity index (χ1n) is 9.52. The summed E-state index contributed by atoms with van der Waals surface area (Å²) >= 11 is 0. The van der Waals surface area contributed by atoms with E-state index < -0.39 is 0 Å².